The number of H-pyrrole nitrogens is 1. The summed E-state index contributed by atoms with van der Waals surface area (Å²) < 4.78 is 5.54. The highest BCUT2D eigenvalue weighted by atomic mass is 16.5. The van der Waals surface area contributed by atoms with Crippen molar-refractivity contribution in [1.82, 2.24) is 19.8 Å². The lowest BCUT2D eigenvalue weighted by molar-refractivity contribution is -0.139. The molecular formula is C19H26N4O2. The molecule has 4 rings (SSSR count). The number of nitrogens with zero attached hydrogens (tertiary/aromatic N) is 3. The van der Waals surface area contributed by atoms with E-state index in [1.165, 1.54) is 0 Å². The number of piperazine rings is 1. The average molecular weight is 342 g/mol. The smallest absolute Gasteiger partial charge is 0.227 e. The number of benzene rings is 1. The number of hydrogen-bond donors (Lipinski definition) is 1. The molecule has 1 spiro atoms. The van der Waals surface area contributed by atoms with Crippen molar-refractivity contribution in [3.8, 4) is 0 Å². The maximum atomic E-state index is 12.9. The molecule has 2 aliphatic rings. The Bertz CT molecular complexity index is 779. The molecule has 0 saturated carbocycles. The van der Waals surface area contributed by atoms with Gasteiger partial charge in [0.1, 0.15) is 5.82 Å². The number of likely N-dealkylation sites (N-methyl/N-ethyl adjacent to an activating group) is 1. The number of aryl methyl sites for hydroxylation is 1. The molecule has 6 heteroatoms. The predicted octanol–water partition coefficient (Wildman–Crippen LogP) is 1.74. The molecule has 0 radical (unpaired) electrons. The summed E-state index contributed by atoms with van der Waals surface area (Å²) in [6.07, 6.45) is 2.46. The lowest BCUT2D eigenvalue weighted by Crippen LogP contribution is -2.63. The number of carbonyl (C=O) groups is 1. The van der Waals surface area contributed by atoms with Gasteiger partial charge in [0.05, 0.1) is 17.5 Å². The molecule has 2 aliphatic heterocycles. The molecule has 1 N–H and O–H groups in total. The number of aromatic nitrogens is 2. The van der Waals surface area contributed by atoms with E-state index >= 15 is 0 Å². The topological polar surface area (TPSA) is 61.5 Å². The molecule has 0 aliphatic carbocycles. The van der Waals surface area contributed by atoms with E-state index in [1.54, 1.807) is 0 Å². The van der Waals surface area contributed by atoms with Crippen molar-refractivity contribution in [1.29, 1.82) is 0 Å². The number of ether oxygens (including phenoxy) is 1. The number of aromatic amines is 1. The van der Waals surface area contributed by atoms with Crippen LogP contribution in [0.15, 0.2) is 18.2 Å². The number of imidazole rings is 1. The second kappa shape index (κ2) is 6.42. The molecule has 25 heavy (non-hydrogen) atoms. The summed E-state index contributed by atoms with van der Waals surface area (Å²) >= 11 is 0. The molecule has 0 bridgehead atoms. The zero-order valence-electron chi connectivity index (χ0n) is 15.0. The molecule has 2 aromatic rings. The van der Waals surface area contributed by atoms with Crippen molar-refractivity contribution >= 4 is 16.9 Å². The monoisotopic (exact) mass is 342 g/mol. The minimum absolute atomic E-state index is 0.0939. The highest BCUT2D eigenvalue weighted by Crippen LogP contribution is 2.31. The Morgan fingerprint density at radius 2 is 2.12 bits per heavy atom. The number of amides is 1. The minimum Gasteiger partial charge on any atom is -0.381 e. The van der Waals surface area contributed by atoms with E-state index in [-0.39, 0.29) is 11.4 Å². The highest BCUT2D eigenvalue weighted by molar-refractivity contribution is 5.82. The van der Waals surface area contributed by atoms with Crippen LogP contribution in [0.4, 0.5) is 0 Å². The highest BCUT2D eigenvalue weighted by Gasteiger charge is 2.42. The van der Waals surface area contributed by atoms with Crippen LogP contribution in [0.3, 0.4) is 0 Å². The van der Waals surface area contributed by atoms with E-state index in [4.69, 9.17) is 4.74 Å². The van der Waals surface area contributed by atoms with Crippen molar-refractivity contribution < 1.29 is 9.53 Å². The van der Waals surface area contributed by atoms with Crippen molar-refractivity contribution in [2.75, 3.05) is 39.9 Å². The first-order valence-corrected chi connectivity index (χ1v) is 9.08. The van der Waals surface area contributed by atoms with Gasteiger partial charge in [-0.2, -0.15) is 0 Å². The Morgan fingerprint density at radius 3 is 2.92 bits per heavy atom. The predicted molar refractivity (Wildman–Crippen MR) is 96.5 cm³/mol. The largest absolute Gasteiger partial charge is 0.381 e. The SMILES string of the molecule is Cc1nc2ccc(CC(=O)N3CCN(C)C4(CCOCC4)C3)cc2[nH]1. The Hall–Kier alpha value is -1.92. The van der Waals surface area contributed by atoms with Gasteiger partial charge in [-0.15, -0.1) is 0 Å². The molecule has 1 aromatic carbocycles. The van der Waals surface area contributed by atoms with Gasteiger partial charge < -0.3 is 14.6 Å². The molecule has 0 atom stereocenters. The molecule has 2 saturated heterocycles. The van der Waals surface area contributed by atoms with Gasteiger partial charge in [0.15, 0.2) is 0 Å². The van der Waals surface area contributed by atoms with E-state index in [2.05, 4.69) is 21.9 Å². The summed E-state index contributed by atoms with van der Waals surface area (Å²) in [7, 11) is 2.18. The first-order valence-electron chi connectivity index (χ1n) is 9.08. The van der Waals surface area contributed by atoms with Crippen LogP contribution in [-0.2, 0) is 16.0 Å². The van der Waals surface area contributed by atoms with E-state index in [0.717, 1.165) is 68.1 Å². The maximum absolute atomic E-state index is 12.9. The van der Waals surface area contributed by atoms with Gasteiger partial charge in [-0.25, -0.2) is 4.98 Å². The number of rotatable bonds is 2. The number of carbonyl (C=O) groups excluding carboxylic acids is 1. The third kappa shape index (κ3) is 3.16. The zero-order chi connectivity index (χ0) is 17.4. The minimum atomic E-state index is 0.0939. The summed E-state index contributed by atoms with van der Waals surface area (Å²) in [6, 6.07) is 6.06. The fourth-order valence-corrected chi connectivity index (χ4v) is 4.15. The van der Waals surface area contributed by atoms with Crippen LogP contribution >= 0.6 is 0 Å². The Balaban J connectivity index is 1.48. The second-order valence-corrected chi connectivity index (χ2v) is 7.42. The fourth-order valence-electron chi connectivity index (χ4n) is 4.15. The molecule has 1 aromatic heterocycles. The van der Waals surface area contributed by atoms with Crippen LogP contribution in [0.1, 0.15) is 24.2 Å². The molecule has 0 unspecified atom stereocenters. The summed E-state index contributed by atoms with van der Waals surface area (Å²) in [6.45, 7) is 6.10. The third-order valence-corrected chi connectivity index (χ3v) is 5.80. The van der Waals surface area contributed by atoms with Crippen molar-refractivity contribution in [3.63, 3.8) is 0 Å². The van der Waals surface area contributed by atoms with Gasteiger partial charge in [-0.1, -0.05) is 6.07 Å². The molecular weight excluding hydrogens is 316 g/mol. The van der Waals surface area contributed by atoms with Crippen LogP contribution in [0, 0.1) is 6.92 Å². The van der Waals surface area contributed by atoms with E-state index in [9.17, 15) is 4.79 Å². The Labute approximate surface area is 148 Å². The van der Waals surface area contributed by atoms with Crippen molar-refractivity contribution in [3.05, 3.63) is 29.6 Å². The molecule has 134 valence electrons. The first-order chi connectivity index (χ1) is 12.1. The van der Waals surface area contributed by atoms with Crippen molar-refractivity contribution in [2.45, 2.75) is 31.7 Å². The Kier molecular flexibility index (Phi) is 4.25. The van der Waals surface area contributed by atoms with Crippen LogP contribution in [0.2, 0.25) is 0 Å². The maximum Gasteiger partial charge on any atom is 0.227 e. The molecule has 3 heterocycles. The summed E-state index contributed by atoms with van der Waals surface area (Å²) in [4.78, 5) is 25.0. The average Bonchev–Trinajstić information content (AvgIpc) is 2.97. The van der Waals surface area contributed by atoms with Gasteiger partial charge in [-0.05, 0) is 44.5 Å². The summed E-state index contributed by atoms with van der Waals surface area (Å²) in [5, 5.41) is 0. The number of fused-ring (bicyclic) bond motifs is 1. The number of hydrogen-bond acceptors (Lipinski definition) is 4. The van der Waals surface area contributed by atoms with Crippen LogP contribution in [-0.4, -0.2) is 71.1 Å². The molecule has 1 amide bonds. The van der Waals surface area contributed by atoms with Gasteiger partial charge in [0.25, 0.3) is 0 Å². The van der Waals surface area contributed by atoms with Crippen molar-refractivity contribution in [2.24, 2.45) is 0 Å². The molecule has 2 fully saturated rings. The lowest BCUT2D eigenvalue weighted by atomic mass is 9.86. The zero-order valence-corrected chi connectivity index (χ0v) is 15.0. The summed E-state index contributed by atoms with van der Waals surface area (Å²) in [5.74, 6) is 1.12. The van der Waals surface area contributed by atoms with Crippen LogP contribution in [0.5, 0.6) is 0 Å². The van der Waals surface area contributed by atoms with Gasteiger partial charge >= 0.3 is 0 Å². The van der Waals surface area contributed by atoms with E-state index < -0.39 is 0 Å². The lowest BCUT2D eigenvalue weighted by Gasteiger charge is -2.51. The first kappa shape index (κ1) is 16.5. The quantitative estimate of drug-likeness (QED) is 0.903. The van der Waals surface area contributed by atoms with Crippen LogP contribution in [0.25, 0.3) is 11.0 Å². The standard InChI is InChI=1S/C19H26N4O2/c1-14-20-16-4-3-15(11-17(16)21-14)12-18(24)23-8-7-22(2)19(13-23)5-9-25-10-6-19/h3-4,11H,5-10,12-13H2,1-2H3,(H,20,21). The van der Waals surface area contributed by atoms with Gasteiger partial charge in [0.2, 0.25) is 5.91 Å². The second-order valence-electron chi connectivity index (χ2n) is 7.42. The Morgan fingerprint density at radius 1 is 1.32 bits per heavy atom. The van der Waals surface area contributed by atoms with Crippen LogP contribution < -0.4 is 0 Å². The van der Waals surface area contributed by atoms with E-state index in [0.29, 0.717) is 6.42 Å². The van der Waals surface area contributed by atoms with E-state index in [1.807, 2.05) is 30.0 Å². The normalized spacial score (nSPS) is 21.1. The van der Waals surface area contributed by atoms with Gasteiger partial charge in [0, 0.05) is 38.4 Å². The van der Waals surface area contributed by atoms with Gasteiger partial charge in [-0.3, -0.25) is 9.69 Å². The molecule has 6 nitrogen and oxygen atoms in total. The third-order valence-electron chi connectivity index (χ3n) is 5.80. The summed E-state index contributed by atoms with van der Waals surface area (Å²) in [5.41, 5.74) is 3.09. The fraction of sp³-hybridized carbons (Fsp3) is 0.579. The number of nitrogens with one attached hydrogen (secondary N) is 1.